The van der Waals surface area contributed by atoms with Gasteiger partial charge in [0.15, 0.2) is 11.5 Å². The van der Waals surface area contributed by atoms with Crippen LogP contribution in [-0.4, -0.2) is 13.2 Å². The van der Waals surface area contributed by atoms with Gasteiger partial charge in [0.05, 0.1) is 0 Å². The first-order valence-electron chi connectivity index (χ1n) is 6.62. The van der Waals surface area contributed by atoms with Crippen LogP contribution in [0, 0.1) is 5.82 Å². The molecule has 3 nitrogen and oxygen atoms in total. The summed E-state index contributed by atoms with van der Waals surface area (Å²) in [6.07, 6.45) is 0.653. The summed E-state index contributed by atoms with van der Waals surface area (Å²) in [6, 6.07) is 12.0. The summed E-state index contributed by atoms with van der Waals surface area (Å²) in [5.74, 6) is 1.26. The van der Waals surface area contributed by atoms with Crippen LogP contribution in [0.2, 0.25) is 0 Å². The normalized spacial score (nSPS) is 14.9. The summed E-state index contributed by atoms with van der Waals surface area (Å²) in [4.78, 5) is 0. The van der Waals surface area contributed by atoms with Gasteiger partial charge >= 0.3 is 0 Å². The van der Waals surface area contributed by atoms with Crippen molar-refractivity contribution in [2.24, 2.45) is 5.73 Å². The quantitative estimate of drug-likeness (QED) is 0.935. The van der Waals surface area contributed by atoms with Crippen LogP contribution < -0.4 is 15.2 Å². The lowest BCUT2D eigenvalue weighted by Crippen LogP contribution is -2.17. The molecule has 1 heterocycles. The molecule has 20 heavy (non-hydrogen) atoms. The highest BCUT2D eigenvalue weighted by Crippen LogP contribution is 2.32. The van der Waals surface area contributed by atoms with Crippen LogP contribution in [0.1, 0.15) is 17.2 Å². The highest BCUT2D eigenvalue weighted by Gasteiger charge is 2.15. The van der Waals surface area contributed by atoms with E-state index in [0.717, 1.165) is 22.6 Å². The number of nitrogens with two attached hydrogens (primary N) is 1. The zero-order valence-corrected chi connectivity index (χ0v) is 11.0. The molecule has 1 aliphatic heterocycles. The van der Waals surface area contributed by atoms with Crippen molar-refractivity contribution in [3.63, 3.8) is 0 Å². The Morgan fingerprint density at radius 3 is 2.45 bits per heavy atom. The van der Waals surface area contributed by atoms with Crippen molar-refractivity contribution in [2.45, 2.75) is 12.5 Å². The van der Waals surface area contributed by atoms with Crippen LogP contribution in [0.15, 0.2) is 42.5 Å². The van der Waals surface area contributed by atoms with E-state index >= 15 is 0 Å². The lowest BCUT2D eigenvalue weighted by Gasteiger charge is -2.20. The van der Waals surface area contributed by atoms with E-state index < -0.39 is 0 Å². The molecule has 1 unspecified atom stereocenters. The second-order valence-electron chi connectivity index (χ2n) is 4.84. The topological polar surface area (TPSA) is 44.5 Å². The zero-order valence-electron chi connectivity index (χ0n) is 11.0. The number of halogens is 1. The number of benzene rings is 2. The maximum Gasteiger partial charge on any atom is 0.161 e. The molecule has 2 N–H and O–H groups in total. The van der Waals surface area contributed by atoms with Gasteiger partial charge in [-0.3, -0.25) is 0 Å². The fourth-order valence-electron chi connectivity index (χ4n) is 2.28. The van der Waals surface area contributed by atoms with Crippen molar-refractivity contribution in [3.8, 4) is 11.5 Å². The largest absolute Gasteiger partial charge is 0.486 e. The Hall–Kier alpha value is -2.07. The standard InChI is InChI=1S/C16H16FNO2/c17-13-4-1-11(2-5-13)9-14(18)12-3-6-15-16(10-12)20-8-7-19-15/h1-6,10,14H,7-9,18H2. The number of hydrogen-bond donors (Lipinski definition) is 1. The average molecular weight is 273 g/mol. The molecule has 0 aromatic heterocycles. The van der Waals surface area contributed by atoms with Crippen molar-refractivity contribution in [3.05, 3.63) is 59.4 Å². The van der Waals surface area contributed by atoms with Gasteiger partial charge in [-0.05, 0) is 41.8 Å². The summed E-state index contributed by atoms with van der Waals surface area (Å²) < 4.78 is 23.9. The summed E-state index contributed by atoms with van der Waals surface area (Å²) in [7, 11) is 0. The fraction of sp³-hybridized carbons (Fsp3) is 0.250. The Bertz CT molecular complexity index is 598. The van der Waals surface area contributed by atoms with Gasteiger partial charge in [0.1, 0.15) is 19.0 Å². The van der Waals surface area contributed by atoms with Crippen LogP contribution in [-0.2, 0) is 6.42 Å². The van der Waals surface area contributed by atoms with Gasteiger partial charge in [0.2, 0.25) is 0 Å². The van der Waals surface area contributed by atoms with E-state index in [0.29, 0.717) is 19.6 Å². The molecule has 2 aromatic rings. The molecule has 104 valence electrons. The van der Waals surface area contributed by atoms with Gasteiger partial charge in [0.25, 0.3) is 0 Å². The van der Waals surface area contributed by atoms with E-state index in [9.17, 15) is 4.39 Å². The molecule has 0 saturated carbocycles. The minimum atomic E-state index is -0.235. The van der Waals surface area contributed by atoms with Crippen LogP contribution in [0.5, 0.6) is 11.5 Å². The Labute approximate surface area is 117 Å². The second-order valence-corrected chi connectivity index (χ2v) is 4.84. The molecule has 1 atom stereocenters. The Morgan fingerprint density at radius 2 is 1.70 bits per heavy atom. The van der Waals surface area contributed by atoms with Crippen molar-refractivity contribution >= 4 is 0 Å². The van der Waals surface area contributed by atoms with E-state index in [1.54, 1.807) is 12.1 Å². The molecule has 4 heteroatoms. The monoisotopic (exact) mass is 273 g/mol. The lowest BCUT2D eigenvalue weighted by molar-refractivity contribution is 0.171. The molecule has 0 amide bonds. The van der Waals surface area contributed by atoms with Gasteiger partial charge in [-0.2, -0.15) is 0 Å². The van der Waals surface area contributed by atoms with Crippen molar-refractivity contribution in [1.29, 1.82) is 0 Å². The summed E-state index contributed by atoms with van der Waals surface area (Å²) in [5, 5.41) is 0. The Balaban J connectivity index is 1.76. The molecule has 0 radical (unpaired) electrons. The van der Waals surface area contributed by atoms with Crippen LogP contribution in [0.3, 0.4) is 0 Å². The minimum absolute atomic E-state index is 0.156. The Kier molecular flexibility index (Phi) is 3.56. The third-order valence-electron chi connectivity index (χ3n) is 3.36. The van der Waals surface area contributed by atoms with Gasteiger partial charge in [-0.25, -0.2) is 4.39 Å². The van der Waals surface area contributed by atoms with Crippen molar-refractivity contribution < 1.29 is 13.9 Å². The number of rotatable bonds is 3. The second kappa shape index (κ2) is 5.51. The third-order valence-corrected chi connectivity index (χ3v) is 3.36. The van der Waals surface area contributed by atoms with E-state index in [1.165, 1.54) is 12.1 Å². The highest BCUT2D eigenvalue weighted by molar-refractivity contribution is 5.44. The van der Waals surface area contributed by atoms with Crippen LogP contribution in [0.25, 0.3) is 0 Å². The molecule has 2 aromatic carbocycles. The summed E-state index contributed by atoms with van der Waals surface area (Å²) >= 11 is 0. The maximum absolute atomic E-state index is 12.9. The van der Waals surface area contributed by atoms with E-state index in [1.807, 2.05) is 18.2 Å². The number of fused-ring (bicyclic) bond motifs is 1. The molecular weight excluding hydrogens is 257 g/mol. The van der Waals surface area contributed by atoms with E-state index in [4.69, 9.17) is 15.2 Å². The smallest absolute Gasteiger partial charge is 0.161 e. The molecule has 0 saturated heterocycles. The predicted octanol–water partition coefficient (Wildman–Crippen LogP) is 2.84. The van der Waals surface area contributed by atoms with Crippen LogP contribution in [0.4, 0.5) is 4.39 Å². The van der Waals surface area contributed by atoms with Gasteiger partial charge < -0.3 is 15.2 Å². The highest BCUT2D eigenvalue weighted by atomic mass is 19.1. The van der Waals surface area contributed by atoms with Gasteiger partial charge in [-0.15, -0.1) is 0 Å². The first-order chi connectivity index (χ1) is 9.72. The fourth-order valence-corrected chi connectivity index (χ4v) is 2.28. The molecule has 0 aliphatic carbocycles. The average Bonchev–Trinajstić information content (AvgIpc) is 2.49. The number of ether oxygens (including phenoxy) is 2. The first-order valence-corrected chi connectivity index (χ1v) is 6.62. The summed E-state index contributed by atoms with van der Waals surface area (Å²) in [6.45, 7) is 1.14. The molecule has 0 bridgehead atoms. The molecule has 0 spiro atoms. The van der Waals surface area contributed by atoms with E-state index in [-0.39, 0.29) is 11.9 Å². The maximum atomic E-state index is 12.9. The molecule has 0 fully saturated rings. The summed E-state index contributed by atoms with van der Waals surface area (Å²) in [5.41, 5.74) is 8.20. The van der Waals surface area contributed by atoms with E-state index in [2.05, 4.69) is 0 Å². The van der Waals surface area contributed by atoms with Crippen molar-refractivity contribution in [1.82, 2.24) is 0 Å². The predicted molar refractivity (Wildman–Crippen MR) is 74.5 cm³/mol. The first kappa shape index (κ1) is 12.9. The van der Waals surface area contributed by atoms with Gasteiger partial charge in [0, 0.05) is 6.04 Å². The molecular formula is C16H16FNO2. The third kappa shape index (κ3) is 2.75. The number of hydrogen-bond acceptors (Lipinski definition) is 3. The molecule has 3 rings (SSSR count). The SMILES string of the molecule is NC(Cc1ccc(F)cc1)c1ccc2c(c1)OCCO2. The van der Waals surface area contributed by atoms with Crippen molar-refractivity contribution in [2.75, 3.05) is 13.2 Å². The zero-order chi connectivity index (χ0) is 13.9. The Morgan fingerprint density at radius 1 is 1.00 bits per heavy atom. The minimum Gasteiger partial charge on any atom is -0.486 e. The molecule has 1 aliphatic rings. The van der Waals surface area contributed by atoms with Gasteiger partial charge in [-0.1, -0.05) is 18.2 Å². The van der Waals surface area contributed by atoms with Crippen LogP contribution >= 0.6 is 0 Å². The lowest BCUT2D eigenvalue weighted by atomic mass is 9.99.